The molecule has 0 spiro atoms. The van der Waals surface area contributed by atoms with E-state index in [0.717, 1.165) is 17.6 Å². The maximum atomic E-state index is 5.32. The van der Waals surface area contributed by atoms with Crippen LogP contribution in [0.3, 0.4) is 0 Å². The Hall–Kier alpha value is 0.400. The molecule has 0 aliphatic rings. The fourth-order valence-electron chi connectivity index (χ4n) is 0.489. The molecule has 0 saturated heterocycles. The van der Waals surface area contributed by atoms with Gasteiger partial charge in [-0.15, -0.1) is 0 Å². The van der Waals surface area contributed by atoms with Crippen molar-refractivity contribution in [3.05, 3.63) is 0 Å². The summed E-state index contributed by atoms with van der Waals surface area (Å²) in [7, 11) is 6.47. The van der Waals surface area contributed by atoms with Crippen LogP contribution in [0.5, 0.6) is 0 Å². The summed E-state index contributed by atoms with van der Waals surface area (Å²) in [5.74, 6) is 0. The van der Waals surface area contributed by atoms with E-state index in [9.17, 15) is 0 Å². The molecule has 1 atom stereocenters. The van der Waals surface area contributed by atoms with E-state index in [1.165, 1.54) is 0 Å². The predicted molar refractivity (Wildman–Crippen MR) is 47.2 cm³/mol. The van der Waals surface area contributed by atoms with Crippen molar-refractivity contribution in [1.82, 2.24) is 0 Å². The Morgan fingerprint density at radius 1 is 1.40 bits per heavy atom. The molecule has 1 unspecified atom stereocenters. The molecular formula is C7H17BrNO+. The summed E-state index contributed by atoms with van der Waals surface area (Å²) < 4.78 is 6.28. The van der Waals surface area contributed by atoms with Gasteiger partial charge in [0.1, 0.15) is 11.6 Å². The molecule has 0 aromatic rings. The van der Waals surface area contributed by atoms with Crippen molar-refractivity contribution in [2.75, 3.05) is 34.3 Å². The third-order valence-electron chi connectivity index (χ3n) is 1.11. The number of likely N-dealkylation sites (N-methyl/N-ethyl adjacent to an activating group) is 1. The average Bonchev–Trinajstić information content (AvgIpc) is 1.59. The molecule has 0 bridgehead atoms. The number of hydrogen-bond acceptors (Lipinski definition) is 1. The van der Waals surface area contributed by atoms with Crippen LogP contribution in [-0.4, -0.2) is 43.8 Å². The van der Waals surface area contributed by atoms with E-state index in [0.29, 0.717) is 0 Å². The lowest BCUT2D eigenvalue weighted by atomic mass is 10.5. The van der Waals surface area contributed by atoms with E-state index in [1.807, 2.05) is 6.92 Å². The largest absolute Gasteiger partial charge is 0.361 e. The number of ether oxygens (including phenoxy) is 1. The molecule has 0 radical (unpaired) electrons. The maximum Gasteiger partial charge on any atom is 0.110 e. The summed E-state index contributed by atoms with van der Waals surface area (Å²) in [4.78, 5) is 0. The Kier molecular flexibility index (Phi) is 4.49. The molecule has 0 aliphatic carbocycles. The Labute approximate surface area is 71.9 Å². The smallest absolute Gasteiger partial charge is 0.110 e. The Balaban J connectivity index is 3.21. The molecular weight excluding hydrogens is 194 g/mol. The van der Waals surface area contributed by atoms with Crippen LogP contribution < -0.4 is 0 Å². The number of hydrogen-bond donors (Lipinski definition) is 0. The molecule has 0 rings (SSSR count). The highest BCUT2D eigenvalue weighted by atomic mass is 79.9. The summed E-state index contributed by atoms with van der Waals surface area (Å²) in [5, 5.41) is 0.180. The van der Waals surface area contributed by atoms with Gasteiger partial charge in [-0.05, 0) is 6.92 Å². The van der Waals surface area contributed by atoms with Gasteiger partial charge in [0.2, 0.25) is 0 Å². The first-order valence-electron chi connectivity index (χ1n) is 3.48. The van der Waals surface area contributed by atoms with Crippen LogP contribution in [0, 0.1) is 0 Å². The Morgan fingerprint density at radius 2 is 1.90 bits per heavy atom. The van der Waals surface area contributed by atoms with Gasteiger partial charge < -0.3 is 9.22 Å². The first kappa shape index (κ1) is 10.4. The van der Waals surface area contributed by atoms with E-state index in [2.05, 4.69) is 37.1 Å². The van der Waals surface area contributed by atoms with Crippen LogP contribution in [-0.2, 0) is 4.74 Å². The zero-order valence-corrected chi connectivity index (χ0v) is 8.81. The minimum atomic E-state index is 0.180. The van der Waals surface area contributed by atoms with Crippen molar-refractivity contribution in [1.29, 1.82) is 0 Å². The second-order valence-corrected chi connectivity index (χ2v) is 4.72. The average molecular weight is 211 g/mol. The van der Waals surface area contributed by atoms with E-state index < -0.39 is 0 Å². The minimum absolute atomic E-state index is 0.180. The number of quaternary nitrogens is 1. The van der Waals surface area contributed by atoms with E-state index >= 15 is 0 Å². The van der Waals surface area contributed by atoms with Gasteiger partial charge in [-0.1, -0.05) is 15.9 Å². The van der Waals surface area contributed by atoms with Crippen molar-refractivity contribution in [3.8, 4) is 0 Å². The molecule has 0 aromatic carbocycles. The zero-order chi connectivity index (χ0) is 8.20. The normalized spacial score (nSPS) is 15.3. The molecule has 0 aliphatic heterocycles. The number of rotatable bonds is 4. The lowest BCUT2D eigenvalue weighted by Crippen LogP contribution is -2.37. The molecule has 0 aromatic heterocycles. The van der Waals surface area contributed by atoms with Gasteiger partial charge in [-0.25, -0.2) is 0 Å². The summed E-state index contributed by atoms with van der Waals surface area (Å²) in [6.45, 7) is 3.85. The van der Waals surface area contributed by atoms with Crippen molar-refractivity contribution in [2.45, 2.75) is 11.9 Å². The standard InChI is InChI=1S/C7H17BrNO/c1-7(8)10-6-5-9(2,3)4/h7H,5-6H2,1-4H3/q+1. The molecule has 10 heavy (non-hydrogen) atoms. The second-order valence-electron chi connectivity index (χ2n) is 3.43. The molecule has 0 fully saturated rings. The van der Waals surface area contributed by atoms with Gasteiger partial charge in [0.15, 0.2) is 0 Å². The second kappa shape index (κ2) is 4.31. The molecule has 62 valence electrons. The molecule has 0 amide bonds. The first-order valence-corrected chi connectivity index (χ1v) is 4.39. The van der Waals surface area contributed by atoms with Crippen molar-refractivity contribution < 1.29 is 9.22 Å². The molecule has 3 heteroatoms. The van der Waals surface area contributed by atoms with Gasteiger partial charge in [0, 0.05) is 0 Å². The van der Waals surface area contributed by atoms with Gasteiger partial charge >= 0.3 is 0 Å². The Bertz CT molecular complexity index is 88.1. The van der Waals surface area contributed by atoms with Crippen LogP contribution in [0.4, 0.5) is 0 Å². The number of alkyl halides is 1. The van der Waals surface area contributed by atoms with E-state index in [1.54, 1.807) is 0 Å². The lowest BCUT2D eigenvalue weighted by molar-refractivity contribution is -0.870. The highest BCUT2D eigenvalue weighted by Gasteiger charge is 2.06. The lowest BCUT2D eigenvalue weighted by Gasteiger charge is -2.23. The third-order valence-corrected chi connectivity index (χ3v) is 1.37. The summed E-state index contributed by atoms with van der Waals surface area (Å²) >= 11 is 3.31. The highest BCUT2D eigenvalue weighted by molar-refractivity contribution is 9.09. The quantitative estimate of drug-likeness (QED) is 0.505. The fourth-order valence-corrected chi connectivity index (χ4v) is 0.676. The molecule has 2 nitrogen and oxygen atoms in total. The van der Waals surface area contributed by atoms with Gasteiger partial charge in [0.05, 0.1) is 27.7 Å². The Morgan fingerprint density at radius 3 is 2.20 bits per heavy atom. The van der Waals surface area contributed by atoms with Crippen molar-refractivity contribution in [2.24, 2.45) is 0 Å². The van der Waals surface area contributed by atoms with Gasteiger partial charge in [-0.3, -0.25) is 0 Å². The summed E-state index contributed by atoms with van der Waals surface area (Å²) in [6.07, 6.45) is 0. The predicted octanol–water partition coefficient (Wildman–Crippen LogP) is 1.45. The topological polar surface area (TPSA) is 9.23 Å². The van der Waals surface area contributed by atoms with Crippen LogP contribution in [0.15, 0.2) is 0 Å². The molecule has 0 heterocycles. The molecule has 0 N–H and O–H groups in total. The SMILES string of the molecule is CC(Br)OCC[N+](C)(C)C. The summed E-state index contributed by atoms with van der Waals surface area (Å²) in [6, 6.07) is 0. The van der Waals surface area contributed by atoms with Crippen molar-refractivity contribution in [3.63, 3.8) is 0 Å². The van der Waals surface area contributed by atoms with E-state index in [4.69, 9.17) is 4.74 Å². The minimum Gasteiger partial charge on any atom is -0.361 e. The third kappa shape index (κ3) is 8.40. The van der Waals surface area contributed by atoms with Gasteiger partial charge in [-0.2, -0.15) is 0 Å². The maximum absolute atomic E-state index is 5.32. The highest BCUT2D eigenvalue weighted by Crippen LogP contribution is 1.99. The monoisotopic (exact) mass is 210 g/mol. The van der Waals surface area contributed by atoms with E-state index in [-0.39, 0.29) is 5.01 Å². The van der Waals surface area contributed by atoms with Crippen LogP contribution in [0.25, 0.3) is 0 Å². The fraction of sp³-hybridized carbons (Fsp3) is 1.00. The zero-order valence-electron chi connectivity index (χ0n) is 7.22. The van der Waals surface area contributed by atoms with Crippen LogP contribution in [0.2, 0.25) is 0 Å². The summed E-state index contributed by atoms with van der Waals surface area (Å²) in [5.41, 5.74) is 0. The van der Waals surface area contributed by atoms with Gasteiger partial charge in [0.25, 0.3) is 0 Å². The molecule has 0 saturated carbocycles. The number of halogens is 1. The number of nitrogens with zero attached hydrogens (tertiary/aromatic N) is 1. The van der Waals surface area contributed by atoms with Crippen molar-refractivity contribution >= 4 is 15.9 Å². The first-order chi connectivity index (χ1) is 4.42. The van der Waals surface area contributed by atoms with Crippen LogP contribution >= 0.6 is 15.9 Å². The van der Waals surface area contributed by atoms with Crippen LogP contribution in [0.1, 0.15) is 6.92 Å².